The van der Waals surface area contributed by atoms with Crippen molar-refractivity contribution in [1.82, 2.24) is 4.98 Å². The fourth-order valence-electron chi connectivity index (χ4n) is 6.76. The van der Waals surface area contributed by atoms with Crippen LogP contribution >= 0.6 is 0 Å². The fraction of sp³-hybridized carbons (Fsp3) is 0.429. The summed E-state index contributed by atoms with van der Waals surface area (Å²) in [5, 5.41) is 0. The van der Waals surface area contributed by atoms with Crippen LogP contribution in [-0.2, 0) is 25.7 Å². The number of nitrogens with zero attached hydrogens (tertiary/aromatic N) is 2. The molecule has 0 amide bonds. The molecule has 0 atom stereocenters. The van der Waals surface area contributed by atoms with E-state index in [9.17, 15) is 0 Å². The van der Waals surface area contributed by atoms with Crippen molar-refractivity contribution in [3.8, 4) is 22.3 Å². The van der Waals surface area contributed by atoms with Gasteiger partial charge in [0.25, 0.3) is 0 Å². The predicted octanol–water partition coefficient (Wildman–Crippen LogP) is 5.75. The molecule has 0 aliphatic carbocycles. The van der Waals surface area contributed by atoms with Crippen molar-refractivity contribution in [2.75, 3.05) is 36.0 Å². The number of aromatic amines is 1. The first-order chi connectivity index (χ1) is 15.3. The Hall–Kier alpha value is -2.68. The van der Waals surface area contributed by atoms with Crippen LogP contribution in [0.4, 0.5) is 11.4 Å². The number of rotatable bonds is 2. The van der Waals surface area contributed by atoms with E-state index < -0.39 is 0 Å². The molecule has 1 N–H and O–H groups in total. The molecule has 2 aromatic carbocycles. The van der Waals surface area contributed by atoms with Crippen LogP contribution in [0.5, 0.6) is 0 Å². The van der Waals surface area contributed by atoms with E-state index in [-0.39, 0.29) is 0 Å². The van der Waals surface area contributed by atoms with E-state index in [0.717, 1.165) is 0 Å². The third-order valence-corrected chi connectivity index (χ3v) is 8.03. The monoisotopic (exact) mass is 409 g/mol. The van der Waals surface area contributed by atoms with Gasteiger partial charge in [-0.1, -0.05) is 0 Å². The lowest BCUT2D eigenvalue weighted by Gasteiger charge is -2.37. The molecular formula is C28H31N3. The molecule has 0 saturated heterocycles. The van der Waals surface area contributed by atoms with E-state index in [4.69, 9.17) is 0 Å². The van der Waals surface area contributed by atoms with Crippen LogP contribution in [-0.4, -0.2) is 31.2 Å². The van der Waals surface area contributed by atoms with E-state index in [1.807, 2.05) is 0 Å². The summed E-state index contributed by atoms with van der Waals surface area (Å²) in [7, 11) is 0. The fourth-order valence-corrected chi connectivity index (χ4v) is 6.76. The molecule has 0 radical (unpaired) electrons. The normalized spacial score (nSPS) is 19.2. The lowest BCUT2D eigenvalue weighted by molar-refractivity contribution is 0.634. The summed E-state index contributed by atoms with van der Waals surface area (Å²) in [5.74, 6) is 0. The summed E-state index contributed by atoms with van der Waals surface area (Å²) >= 11 is 0. The predicted molar refractivity (Wildman–Crippen MR) is 129 cm³/mol. The third-order valence-electron chi connectivity index (χ3n) is 8.03. The van der Waals surface area contributed by atoms with Gasteiger partial charge in [0.05, 0.1) is 0 Å². The minimum Gasteiger partial charge on any atom is -0.371 e. The van der Waals surface area contributed by atoms with E-state index in [2.05, 4.69) is 51.4 Å². The van der Waals surface area contributed by atoms with Crippen molar-refractivity contribution in [2.45, 2.75) is 51.4 Å². The van der Waals surface area contributed by atoms with Crippen LogP contribution < -0.4 is 9.80 Å². The van der Waals surface area contributed by atoms with Gasteiger partial charge in [0.2, 0.25) is 0 Å². The molecule has 3 heteroatoms. The van der Waals surface area contributed by atoms with Gasteiger partial charge in [-0.15, -0.1) is 0 Å². The molecule has 4 aliphatic heterocycles. The molecule has 158 valence electrons. The zero-order chi connectivity index (χ0) is 20.4. The Bertz CT molecular complexity index is 1020. The average Bonchev–Trinajstić information content (AvgIpc) is 3.30. The van der Waals surface area contributed by atoms with Gasteiger partial charge in [0.15, 0.2) is 0 Å². The van der Waals surface area contributed by atoms with Crippen LogP contribution in [0.1, 0.15) is 47.9 Å². The second-order valence-corrected chi connectivity index (χ2v) is 9.96. The summed E-state index contributed by atoms with van der Waals surface area (Å²) < 4.78 is 0. The Morgan fingerprint density at radius 3 is 1.23 bits per heavy atom. The van der Waals surface area contributed by atoms with Crippen LogP contribution in [0.15, 0.2) is 36.7 Å². The van der Waals surface area contributed by atoms with Gasteiger partial charge < -0.3 is 14.8 Å². The van der Waals surface area contributed by atoms with Crippen LogP contribution in [0, 0.1) is 0 Å². The van der Waals surface area contributed by atoms with Gasteiger partial charge >= 0.3 is 0 Å². The summed E-state index contributed by atoms with van der Waals surface area (Å²) in [6.45, 7) is 4.96. The third kappa shape index (κ3) is 2.78. The zero-order valence-electron chi connectivity index (χ0n) is 18.3. The summed E-state index contributed by atoms with van der Waals surface area (Å²) in [6.07, 6.45) is 14.5. The summed E-state index contributed by atoms with van der Waals surface area (Å²) in [6, 6.07) is 9.97. The lowest BCUT2D eigenvalue weighted by atomic mass is 9.86. The Labute approximate surface area is 185 Å². The molecular weight excluding hydrogens is 378 g/mol. The number of H-pyrrole nitrogens is 1. The largest absolute Gasteiger partial charge is 0.371 e. The first-order valence-electron chi connectivity index (χ1n) is 12.3. The minimum atomic E-state index is 1.23. The molecule has 0 fully saturated rings. The van der Waals surface area contributed by atoms with Crippen LogP contribution in [0.3, 0.4) is 0 Å². The van der Waals surface area contributed by atoms with Crippen LogP contribution in [0.25, 0.3) is 22.3 Å². The van der Waals surface area contributed by atoms with Crippen molar-refractivity contribution in [1.29, 1.82) is 0 Å². The SMILES string of the molecule is c1c(-c2c[nH]cc2-c2cc3c4c(c2)CCCN4CCC3)cc2c3c1CCCN3CCC2. The van der Waals surface area contributed by atoms with Crippen molar-refractivity contribution in [3.63, 3.8) is 0 Å². The van der Waals surface area contributed by atoms with Crippen molar-refractivity contribution >= 4 is 11.4 Å². The first-order valence-corrected chi connectivity index (χ1v) is 12.3. The number of hydrogen-bond acceptors (Lipinski definition) is 2. The quantitative estimate of drug-likeness (QED) is 0.582. The van der Waals surface area contributed by atoms with E-state index in [1.54, 1.807) is 33.6 Å². The van der Waals surface area contributed by atoms with E-state index in [0.29, 0.717) is 0 Å². The van der Waals surface area contributed by atoms with Gasteiger partial charge in [-0.2, -0.15) is 0 Å². The topological polar surface area (TPSA) is 22.3 Å². The van der Waals surface area contributed by atoms with Gasteiger partial charge in [-0.05, 0) is 109 Å². The standard InChI is InChI=1S/C28H31N3/c1-5-19-13-23(14-20-6-2-10-30(9-1)27(19)20)25-17-29-18-26(25)24-15-21-7-3-11-31-12-4-8-22(16-24)28(21)31/h13-18,29H,1-12H2. The second kappa shape index (κ2) is 6.91. The molecule has 5 heterocycles. The average molecular weight is 410 g/mol. The first kappa shape index (κ1) is 17.9. The number of aromatic nitrogens is 1. The van der Waals surface area contributed by atoms with Crippen molar-refractivity contribution < 1.29 is 0 Å². The zero-order valence-corrected chi connectivity index (χ0v) is 18.3. The smallest absolute Gasteiger partial charge is 0.0431 e. The van der Waals surface area contributed by atoms with Gasteiger partial charge in [-0.3, -0.25) is 0 Å². The summed E-state index contributed by atoms with van der Waals surface area (Å²) in [5.41, 5.74) is 15.0. The number of nitrogens with one attached hydrogen (secondary N) is 1. The summed E-state index contributed by atoms with van der Waals surface area (Å²) in [4.78, 5) is 8.73. The number of benzene rings is 2. The maximum atomic E-state index is 3.46. The highest BCUT2D eigenvalue weighted by molar-refractivity contribution is 5.87. The second-order valence-electron chi connectivity index (χ2n) is 9.96. The highest BCUT2D eigenvalue weighted by Crippen LogP contribution is 2.43. The Morgan fingerprint density at radius 1 is 0.516 bits per heavy atom. The van der Waals surface area contributed by atoms with Gasteiger partial charge in [0, 0.05) is 61.1 Å². The van der Waals surface area contributed by atoms with Gasteiger partial charge in [-0.25, -0.2) is 0 Å². The molecule has 31 heavy (non-hydrogen) atoms. The molecule has 1 aromatic heterocycles. The minimum absolute atomic E-state index is 1.23. The lowest BCUT2D eigenvalue weighted by Crippen LogP contribution is -2.34. The Kier molecular flexibility index (Phi) is 4.00. The number of anilines is 2. The molecule has 4 aliphatic rings. The molecule has 0 bridgehead atoms. The molecule has 0 unspecified atom stereocenters. The van der Waals surface area contributed by atoms with Gasteiger partial charge in [0.1, 0.15) is 0 Å². The molecule has 3 nitrogen and oxygen atoms in total. The molecule has 3 aromatic rings. The maximum Gasteiger partial charge on any atom is 0.0431 e. The highest BCUT2D eigenvalue weighted by Gasteiger charge is 2.27. The number of hydrogen-bond donors (Lipinski definition) is 1. The van der Waals surface area contributed by atoms with E-state index >= 15 is 0 Å². The van der Waals surface area contributed by atoms with Crippen LogP contribution in [0.2, 0.25) is 0 Å². The maximum absolute atomic E-state index is 3.46. The molecule has 7 rings (SSSR count). The highest BCUT2D eigenvalue weighted by atomic mass is 15.1. The Morgan fingerprint density at radius 2 is 0.871 bits per heavy atom. The number of aryl methyl sites for hydroxylation is 4. The Balaban J connectivity index is 1.35. The van der Waals surface area contributed by atoms with Crippen molar-refractivity contribution in [3.05, 3.63) is 58.9 Å². The van der Waals surface area contributed by atoms with Crippen molar-refractivity contribution in [2.24, 2.45) is 0 Å². The molecule has 0 saturated carbocycles. The molecule has 0 spiro atoms. The van der Waals surface area contributed by atoms with E-state index in [1.165, 1.54) is 99.8 Å².